The Balaban J connectivity index is 4.07. The SMILES string of the molecule is CCOC(=O)/C(C)=C/CCC#CCO[Si](C)(C)C(C)(C)C. The van der Waals surface area contributed by atoms with Gasteiger partial charge in [0.15, 0.2) is 8.32 Å². The first-order valence-corrected chi connectivity index (χ1v) is 10.5. The second-order valence-electron chi connectivity index (χ2n) is 6.55. The van der Waals surface area contributed by atoms with Crippen molar-refractivity contribution in [3.05, 3.63) is 11.6 Å². The molecule has 0 radical (unpaired) electrons. The largest absolute Gasteiger partial charge is 0.463 e. The molecule has 0 atom stereocenters. The van der Waals surface area contributed by atoms with E-state index in [1.165, 1.54) is 0 Å². The maximum Gasteiger partial charge on any atom is 0.333 e. The van der Waals surface area contributed by atoms with E-state index in [2.05, 4.69) is 45.7 Å². The molecule has 0 rings (SSSR count). The maximum absolute atomic E-state index is 11.4. The van der Waals surface area contributed by atoms with Crippen LogP contribution >= 0.6 is 0 Å². The predicted molar refractivity (Wildman–Crippen MR) is 90.5 cm³/mol. The average Bonchev–Trinajstić information content (AvgIpc) is 2.36. The molecule has 0 aliphatic rings. The number of rotatable bonds is 6. The van der Waals surface area contributed by atoms with Crippen molar-refractivity contribution in [3.8, 4) is 11.8 Å². The van der Waals surface area contributed by atoms with Gasteiger partial charge in [-0.2, -0.15) is 0 Å². The van der Waals surface area contributed by atoms with Crippen LogP contribution in [0.4, 0.5) is 0 Å². The smallest absolute Gasteiger partial charge is 0.333 e. The third-order valence-electron chi connectivity index (χ3n) is 3.75. The number of hydrogen-bond donors (Lipinski definition) is 0. The Bertz CT molecular complexity index is 420. The number of carbonyl (C=O) groups excluding carboxylic acids is 1. The molecule has 0 aromatic rings. The number of allylic oxidation sites excluding steroid dienone is 1. The summed E-state index contributed by atoms with van der Waals surface area (Å²) in [6.07, 6.45) is 3.37. The monoisotopic (exact) mass is 310 g/mol. The number of hydrogen-bond acceptors (Lipinski definition) is 3. The Morgan fingerprint density at radius 3 is 2.38 bits per heavy atom. The molecule has 0 aliphatic carbocycles. The highest BCUT2D eigenvalue weighted by atomic mass is 28.4. The van der Waals surface area contributed by atoms with Gasteiger partial charge < -0.3 is 9.16 Å². The normalized spacial score (nSPS) is 12.6. The summed E-state index contributed by atoms with van der Waals surface area (Å²) in [5.41, 5.74) is 0.649. The lowest BCUT2D eigenvalue weighted by atomic mass is 10.2. The zero-order valence-electron chi connectivity index (χ0n) is 14.6. The first-order chi connectivity index (χ1) is 9.62. The van der Waals surface area contributed by atoms with E-state index in [0.29, 0.717) is 18.8 Å². The highest BCUT2D eigenvalue weighted by Gasteiger charge is 2.36. The molecule has 3 nitrogen and oxygen atoms in total. The van der Waals surface area contributed by atoms with Crippen LogP contribution < -0.4 is 0 Å². The minimum absolute atomic E-state index is 0.216. The molecule has 0 spiro atoms. The van der Waals surface area contributed by atoms with Crippen LogP contribution in [0.25, 0.3) is 0 Å². The molecule has 0 saturated heterocycles. The summed E-state index contributed by atoms with van der Waals surface area (Å²) in [5, 5.41) is 0.216. The van der Waals surface area contributed by atoms with Gasteiger partial charge in [0, 0.05) is 12.0 Å². The fourth-order valence-electron chi connectivity index (χ4n) is 1.26. The molecule has 21 heavy (non-hydrogen) atoms. The average molecular weight is 311 g/mol. The van der Waals surface area contributed by atoms with E-state index >= 15 is 0 Å². The van der Waals surface area contributed by atoms with Gasteiger partial charge in [0.25, 0.3) is 0 Å². The van der Waals surface area contributed by atoms with Crippen LogP contribution in [-0.2, 0) is 14.0 Å². The van der Waals surface area contributed by atoms with Crippen molar-refractivity contribution in [2.75, 3.05) is 13.2 Å². The number of ether oxygens (including phenoxy) is 1. The third kappa shape index (κ3) is 8.08. The van der Waals surface area contributed by atoms with Crippen LogP contribution in [0, 0.1) is 11.8 Å². The van der Waals surface area contributed by atoms with Crippen LogP contribution in [0.5, 0.6) is 0 Å². The molecule has 0 N–H and O–H groups in total. The van der Waals surface area contributed by atoms with E-state index in [0.717, 1.165) is 12.8 Å². The van der Waals surface area contributed by atoms with Gasteiger partial charge in [0.1, 0.15) is 0 Å². The van der Waals surface area contributed by atoms with Gasteiger partial charge in [-0.15, -0.1) is 5.92 Å². The van der Waals surface area contributed by atoms with E-state index in [1.807, 2.05) is 6.08 Å². The summed E-state index contributed by atoms with van der Waals surface area (Å²) in [5.74, 6) is 5.90. The molecule has 0 saturated carbocycles. The zero-order valence-corrected chi connectivity index (χ0v) is 15.6. The van der Waals surface area contributed by atoms with Crippen molar-refractivity contribution < 1.29 is 14.0 Å². The van der Waals surface area contributed by atoms with Gasteiger partial charge in [-0.25, -0.2) is 4.79 Å². The molecular formula is C17H30O3Si. The van der Waals surface area contributed by atoms with E-state index in [-0.39, 0.29) is 11.0 Å². The van der Waals surface area contributed by atoms with Crippen LogP contribution in [0.3, 0.4) is 0 Å². The van der Waals surface area contributed by atoms with Gasteiger partial charge in [-0.3, -0.25) is 0 Å². The lowest BCUT2D eigenvalue weighted by Gasteiger charge is -2.35. The van der Waals surface area contributed by atoms with Crippen molar-refractivity contribution in [2.45, 2.75) is 65.6 Å². The maximum atomic E-state index is 11.4. The van der Waals surface area contributed by atoms with E-state index in [1.54, 1.807) is 13.8 Å². The quantitative estimate of drug-likeness (QED) is 0.241. The van der Waals surface area contributed by atoms with Crippen LogP contribution in [0.1, 0.15) is 47.5 Å². The van der Waals surface area contributed by atoms with Crippen LogP contribution in [0.2, 0.25) is 18.1 Å². The summed E-state index contributed by atoms with van der Waals surface area (Å²) < 4.78 is 10.9. The number of esters is 1. The molecule has 0 aromatic heterocycles. The Morgan fingerprint density at radius 1 is 1.24 bits per heavy atom. The van der Waals surface area contributed by atoms with E-state index in [9.17, 15) is 4.79 Å². The minimum atomic E-state index is -1.69. The molecule has 4 heteroatoms. The first kappa shape index (κ1) is 19.9. The Kier molecular flexibility index (Phi) is 8.61. The highest BCUT2D eigenvalue weighted by molar-refractivity contribution is 6.74. The van der Waals surface area contributed by atoms with Gasteiger partial charge in [-0.1, -0.05) is 32.8 Å². The molecule has 0 fully saturated rings. The van der Waals surface area contributed by atoms with Crippen LogP contribution in [-0.4, -0.2) is 27.5 Å². The van der Waals surface area contributed by atoms with E-state index in [4.69, 9.17) is 9.16 Å². The molecular weight excluding hydrogens is 280 g/mol. The van der Waals surface area contributed by atoms with Gasteiger partial charge in [0.05, 0.1) is 13.2 Å². The number of carbonyl (C=O) groups is 1. The van der Waals surface area contributed by atoms with Gasteiger partial charge >= 0.3 is 5.97 Å². The Morgan fingerprint density at radius 2 is 1.86 bits per heavy atom. The number of unbranched alkanes of at least 4 members (excludes halogenated alkanes) is 1. The molecule has 0 bridgehead atoms. The zero-order chi connectivity index (χ0) is 16.5. The van der Waals surface area contributed by atoms with Gasteiger partial charge in [0.2, 0.25) is 0 Å². The Labute approximate surface area is 131 Å². The minimum Gasteiger partial charge on any atom is -0.463 e. The fraction of sp³-hybridized carbons (Fsp3) is 0.706. The molecule has 0 aromatic carbocycles. The Hall–Kier alpha value is -1.05. The van der Waals surface area contributed by atoms with Crippen molar-refractivity contribution in [1.29, 1.82) is 0 Å². The lowest BCUT2D eigenvalue weighted by molar-refractivity contribution is -0.138. The lowest BCUT2D eigenvalue weighted by Crippen LogP contribution is -2.40. The summed E-state index contributed by atoms with van der Waals surface area (Å²) in [6.45, 7) is 15.6. The van der Waals surface area contributed by atoms with Crippen molar-refractivity contribution >= 4 is 14.3 Å². The topological polar surface area (TPSA) is 35.5 Å². The van der Waals surface area contributed by atoms with Crippen LogP contribution in [0.15, 0.2) is 11.6 Å². The second-order valence-corrected chi connectivity index (χ2v) is 11.4. The highest BCUT2D eigenvalue weighted by Crippen LogP contribution is 2.36. The van der Waals surface area contributed by atoms with Gasteiger partial charge in [-0.05, 0) is 38.4 Å². The van der Waals surface area contributed by atoms with E-state index < -0.39 is 8.32 Å². The van der Waals surface area contributed by atoms with Crippen molar-refractivity contribution in [2.24, 2.45) is 0 Å². The molecule has 0 aliphatic heterocycles. The summed E-state index contributed by atoms with van der Waals surface area (Å²) in [6, 6.07) is 0. The molecule has 0 heterocycles. The molecule has 0 amide bonds. The first-order valence-electron chi connectivity index (χ1n) is 7.55. The molecule has 120 valence electrons. The predicted octanol–water partition coefficient (Wildman–Crippen LogP) is 4.30. The summed E-state index contributed by atoms with van der Waals surface area (Å²) in [4.78, 5) is 11.4. The van der Waals surface area contributed by atoms with Crippen molar-refractivity contribution in [3.63, 3.8) is 0 Å². The fourth-order valence-corrected chi connectivity index (χ4v) is 2.13. The molecule has 0 unspecified atom stereocenters. The second kappa shape index (κ2) is 9.06. The summed E-state index contributed by atoms with van der Waals surface area (Å²) >= 11 is 0. The summed E-state index contributed by atoms with van der Waals surface area (Å²) in [7, 11) is -1.69. The standard InChI is InChI=1S/C17H30O3Si/c1-8-19-16(18)15(2)13-11-9-10-12-14-20-21(6,7)17(3,4)5/h13H,8-9,11,14H2,1-7H3/b15-13+. The third-order valence-corrected chi connectivity index (χ3v) is 8.23. The van der Waals surface area contributed by atoms with Crippen molar-refractivity contribution in [1.82, 2.24) is 0 Å².